The van der Waals surface area contributed by atoms with Gasteiger partial charge in [0, 0.05) is 49.7 Å². The van der Waals surface area contributed by atoms with Gasteiger partial charge in [0.2, 0.25) is 0 Å². The fraction of sp³-hybridized carbons (Fsp3) is 0.375. The van der Waals surface area contributed by atoms with E-state index in [0.29, 0.717) is 18.9 Å². The van der Waals surface area contributed by atoms with E-state index in [-0.39, 0.29) is 43.8 Å². The molecule has 0 saturated carbocycles. The van der Waals surface area contributed by atoms with Crippen molar-refractivity contribution in [3.8, 4) is 16.2 Å². The summed E-state index contributed by atoms with van der Waals surface area (Å²) in [5, 5.41) is 21.4. The number of benzene rings is 1. The van der Waals surface area contributed by atoms with Crippen LogP contribution >= 0.6 is 48.6 Å². The summed E-state index contributed by atoms with van der Waals surface area (Å²) in [6.07, 6.45) is 1.47. The normalized spacial score (nSPS) is 13.5. The summed E-state index contributed by atoms with van der Waals surface area (Å²) in [6, 6.07) is 6.32. The number of rotatable bonds is 8. The molecule has 0 atom stereocenters. The molecular formula is C24H32Cl3N7O3S. The number of nitrogens with one attached hydrogen (secondary N) is 2. The van der Waals surface area contributed by atoms with Gasteiger partial charge in [-0.3, -0.25) is 9.69 Å². The number of piperazine rings is 1. The van der Waals surface area contributed by atoms with Crippen molar-refractivity contribution in [3.05, 3.63) is 41.3 Å². The van der Waals surface area contributed by atoms with Crippen LogP contribution in [0.1, 0.15) is 16.8 Å². The Morgan fingerprint density at radius 3 is 2.66 bits per heavy atom. The number of carbonyl (C=O) groups is 1. The van der Waals surface area contributed by atoms with E-state index in [1.165, 1.54) is 6.33 Å². The van der Waals surface area contributed by atoms with Crippen LogP contribution in [-0.4, -0.2) is 70.4 Å². The Labute approximate surface area is 243 Å². The number of hydrogen-bond donors (Lipinski definition) is 4. The summed E-state index contributed by atoms with van der Waals surface area (Å²) in [5.74, 6) is 0.317. The third kappa shape index (κ3) is 6.26. The molecule has 1 aliphatic heterocycles. The molecule has 1 saturated heterocycles. The summed E-state index contributed by atoms with van der Waals surface area (Å²) in [4.78, 5) is 18.9. The molecular weight excluding hydrogens is 573 g/mol. The van der Waals surface area contributed by atoms with Gasteiger partial charge in [-0.15, -0.1) is 48.6 Å². The highest BCUT2D eigenvalue weighted by molar-refractivity contribution is 7.22. The highest BCUT2D eigenvalue weighted by atomic mass is 35.5. The fourth-order valence-corrected chi connectivity index (χ4v) is 5.96. The lowest BCUT2D eigenvalue weighted by molar-refractivity contribution is -0.136. The first-order valence-electron chi connectivity index (χ1n) is 11.5. The molecule has 14 heteroatoms. The van der Waals surface area contributed by atoms with Crippen LogP contribution in [0.2, 0.25) is 0 Å². The van der Waals surface area contributed by atoms with Gasteiger partial charge in [0.05, 0.1) is 24.0 Å². The van der Waals surface area contributed by atoms with Crippen molar-refractivity contribution >= 4 is 75.9 Å². The Morgan fingerprint density at radius 2 is 1.97 bits per heavy atom. The lowest BCUT2D eigenvalue weighted by Crippen LogP contribution is -2.43. The van der Waals surface area contributed by atoms with E-state index in [1.54, 1.807) is 18.4 Å². The van der Waals surface area contributed by atoms with E-state index in [9.17, 15) is 9.90 Å². The molecule has 5 N–H and O–H groups in total. The van der Waals surface area contributed by atoms with Gasteiger partial charge in [-0.05, 0) is 35.6 Å². The Balaban J connectivity index is 0.00000169. The summed E-state index contributed by atoms with van der Waals surface area (Å²) < 4.78 is 8.59. The minimum Gasteiger partial charge on any atom is -0.495 e. The lowest BCUT2D eigenvalue weighted by atomic mass is 10.1. The summed E-state index contributed by atoms with van der Waals surface area (Å²) in [7, 11) is 1.68. The Kier molecular flexibility index (Phi) is 11.4. The van der Waals surface area contributed by atoms with E-state index in [0.717, 1.165) is 74.8 Å². The van der Waals surface area contributed by atoms with E-state index in [2.05, 4.69) is 37.7 Å². The number of nitrogen functional groups attached to an aromatic ring is 1. The van der Waals surface area contributed by atoms with Crippen LogP contribution < -0.4 is 21.1 Å². The van der Waals surface area contributed by atoms with Crippen molar-refractivity contribution in [1.29, 1.82) is 0 Å². The quantitative estimate of drug-likeness (QED) is 0.239. The number of aliphatic carboxylic acids is 1. The predicted octanol–water partition coefficient (Wildman–Crippen LogP) is 3.36. The van der Waals surface area contributed by atoms with Crippen molar-refractivity contribution in [2.24, 2.45) is 0 Å². The van der Waals surface area contributed by atoms with Crippen LogP contribution in [0.15, 0.2) is 24.5 Å². The van der Waals surface area contributed by atoms with E-state index in [1.807, 2.05) is 17.5 Å². The van der Waals surface area contributed by atoms with E-state index < -0.39 is 5.97 Å². The number of carboxylic acids is 1. The number of nitrogens with two attached hydrogens (primary N) is 1. The molecule has 1 fully saturated rings. The zero-order valence-corrected chi connectivity index (χ0v) is 24.3. The van der Waals surface area contributed by atoms with Crippen molar-refractivity contribution < 1.29 is 14.6 Å². The second kappa shape index (κ2) is 13.6. The summed E-state index contributed by atoms with van der Waals surface area (Å²) in [6.45, 7) is 6.65. The van der Waals surface area contributed by atoms with Gasteiger partial charge >= 0.3 is 5.97 Å². The second-order valence-electron chi connectivity index (χ2n) is 8.73. The summed E-state index contributed by atoms with van der Waals surface area (Å²) in [5.41, 5.74) is 11.2. The number of methoxy groups -OCH3 is 1. The van der Waals surface area contributed by atoms with Gasteiger partial charge in [-0.1, -0.05) is 6.07 Å². The Hall–Kier alpha value is -2.38. The molecule has 1 aromatic carbocycles. The number of halogens is 3. The number of aromatic nitrogens is 3. The summed E-state index contributed by atoms with van der Waals surface area (Å²) >= 11 is 1.63. The van der Waals surface area contributed by atoms with Crippen LogP contribution in [0.5, 0.6) is 5.75 Å². The third-order valence-electron chi connectivity index (χ3n) is 6.31. The van der Waals surface area contributed by atoms with Gasteiger partial charge in [0.1, 0.15) is 17.6 Å². The maximum Gasteiger partial charge on any atom is 0.317 e. The standard InChI is InChI=1S/C24H29N7O3S.3ClH/c1-14-7-15-9-19(35-23(15)18(8-14)34-2)21-16(10-27-11-20(32)33)17(12-30-5-3-26-4-6-30)31-22(21)24(25)28-13-29-31;;;/h7-9,13,26-27H,3-6,10-12H2,1-2H3,(H,32,33)(H2,25,28,29);3*1H. The van der Waals surface area contributed by atoms with E-state index >= 15 is 0 Å². The number of aryl methyl sites for hydroxylation is 1. The first kappa shape index (κ1) is 31.8. The molecule has 0 bridgehead atoms. The van der Waals surface area contributed by atoms with Crippen molar-refractivity contribution in [1.82, 2.24) is 30.1 Å². The predicted molar refractivity (Wildman–Crippen MR) is 159 cm³/mol. The van der Waals surface area contributed by atoms with Gasteiger partial charge in [-0.25, -0.2) is 9.50 Å². The molecule has 10 nitrogen and oxygen atoms in total. The second-order valence-corrected chi connectivity index (χ2v) is 9.78. The van der Waals surface area contributed by atoms with Crippen molar-refractivity contribution in [3.63, 3.8) is 0 Å². The number of ether oxygens (including phenoxy) is 1. The van der Waals surface area contributed by atoms with Crippen LogP contribution in [0.25, 0.3) is 26.0 Å². The third-order valence-corrected chi connectivity index (χ3v) is 7.50. The highest BCUT2D eigenvalue weighted by Gasteiger charge is 2.26. The van der Waals surface area contributed by atoms with Gasteiger partial charge in [-0.2, -0.15) is 5.10 Å². The average Bonchev–Trinajstić information content (AvgIpc) is 3.39. The SMILES string of the molecule is COc1cc(C)cc2cc(-c3c(CNCC(=O)O)c(CN4CCNCC4)n4ncnc(N)c34)sc12.Cl.Cl.Cl. The molecule has 0 radical (unpaired) electrons. The number of nitrogens with zero attached hydrogens (tertiary/aromatic N) is 4. The molecule has 3 aromatic heterocycles. The fourth-order valence-electron chi connectivity index (χ4n) is 4.75. The minimum atomic E-state index is -0.902. The minimum absolute atomic E-state index is 0. The average molecular weight is 605 g/mol. The van der Waals surface area contributed by atoms with Gasteiger partial charge in [0.25, 0.3) is 0 Å². The van der Waals surface area contributed by atoms with E-state index in [4.69, 9.17) is 10.5 Å². The van der Waals surface area contributed by atoms with Crippen LogP contribution in [0.3, 0.4) is 0 Å². The molecule has 5 rings (SSSR count). The molecule has 0 aliphatic carbocycles. The molecule has 1 aliphatic rings. The van der Waals surface area contributed by atoms with Crippen LogP contribution in [0.4, 0.5) is 5.82 Å². The Bertz CT molecular complexity index is 1410. The molecule has 0 unspecified atom stereocenters. The van der Waals surface area contributed by atoms with Crippen LogP contribution in [0, 0.1) is 6.92 Å². The lowest BCUT2D eigenvalue weighted by Gasteiger charge is -2.27. The largest absolute Gasteiger partial charge is 0.495 e. The highest BCUT2D eigenvalue weighted by Crippen LogP contribution is 2.44. The molecule has 0 spiro atoms. The van der Waals surface area contributed by atoms with Crippen molar-refractivity contribution in [2.75, 3.05) is 45.6 Å². The topological polar surface area (TPSA) is 130 Å². The van der Waals surface area contributed by atoms with Crippen LogP contribution in [-0.2, 0) is 17.9 Å². The first-order chi connectivity index (χ1) is 17.0. The maximum atomic E-state index is 11.3. The molecule has 208 valence electrons. The monoisotopic (exact) mass is 603 g/mol. The number of anilines is 1. The van der Waals surface area contributed by atoms with Crippen molar-refractivity contribution in [2.45, 2.75) is 20.0 Å². The molecule has 4 aromatic rings. The molecule has 0 amide bonds. The maximum absolute atomic E-state index is 11.3. The first-order valence-corrected chi connectivity index (χ1v) is 12.3. The molecule has 38 heavy (non-hydrogen) atoms. The Morgan fingerprint density at radius 1 is 1.24 bits per heavy atom. The van der Waals surface area contributed by atoms with Gasteiger partial charge < -0.3 is 26.2 Å². The smallest absolute Gasteiger partial charge is 0.317 e. The number of thiophene rings is 1. The number of hydrogen-bond acceptors (Lipinski definition) is 9. The number of carboxylic acid groups (broad SMARTS) is 1. The zero-order chi connectivity index (χ0) is 24.5. The number of fused-ring (bicyclic) bond motifs is 2. The zero-order valence-electron chi connectivity index (χ0n) is 21.0. The van der Waals surface area contributed by atoms with Gasteiger partial charge in [0.15, 0.2) is 5.82 Å². The molecule has 4 heterocycles.